The highest BCUT2D eigenvalue weighted by Gasteiger charge is 2.24. The Morgan fingerprint density at radius 2 is 1.77 bits per heavy atom. The molecule has 0 amide bonds. The van der Waals surface area contributed by atoms with Crippen molar-refractivity contribution in [2.75, 3.05) is 29.5 Å². The first-order valence-corrected chi connectivity index (χ1v) is 13.8. The van der Waals surface area contributed by atoms with Gasteiger partial charge in [0.25, 0.3) is 0 Å². The first-order chi connectivity index (χ1) is 10.4. The van der Waals surface area contributed by atoms with Crippen LogP contribution in [-0.4, -0.2) is 32.9 Å². The maximum Gasteiger partial charge on any atom is 0.242 e. The largest absolute Gasteiger partial charge is 0.544 e. The van der Waals surface area contributed by atoms with Crippen molar-refractivity contribution >= 4 is 37.5 Å². The predicted molar refractivity (Wildman–Crippen MR) is 106 cm³/mol. The van der Waals surface area contributed by atoms with Crippen LogP contribution in [-0.2, 0) is 0 Å². The third kappa shape index (κ3) is 4.87. The molecule has 1 aliphatic heterocycles. The Balaban J connectivity index is 2.34. The standard InChI is InChI=1S/C17H29NOS2Si/c1-6-18(7-2)14-9-10-15(17-20-11-8-12-21-17)16(13-14)19-22(3,4)5/h9-10,13,17H,6-8,11-12H2,1-5H3. The van der Waals surface area contributed by atoms with Crippen molar-refractivity contribution in [1.29, 1.82) is 0 Å². The summed E-state index contributed by atoms with van der Waals surface area (Å²) in [7, 11) is -1.61. The zero-order valence-corrected chi connectivity index (χ0v) is 17.1. The van der Waals surface area contributed by atoms with E-state index in [0.29, 0.717) is 4.58 Å². The van der Waals surface area contributed by atoms with Crippen molar-refractivity contribution < 1.29 is 4.43 Å². The number of benzene rings is 1. The van der Waals surface area contributed by atoms with E-state index in [9.17, 15) is 0 Å². The number of rotatable bonds is 6. The van der Waals surface area contributed by atoms with Gasteiger partial charge in [-0.25, -0.2) is 0 Å². The average molecular weight is 356 g/mol. The average Bonchev–Trinajstić information content (AvgIpc) is 2.48. The van der Waals surface area contributed by atoms with E-state index in [0.717, 1.165) is 18.8 Å². The van der Waals surface area contributed by atoms with Gasteiger partial charge in [-0.05, 0) is 57.5 Å². The molecule has 2 nitrogen and oxygen atoms in total. The predicted octanol–water partition coefficient (Wildman–Crippen LogP) is 5.62. The molecule has 22 heavy (non-hydrogen) atoms. The Morgan fingerprint density at radius 3 is 2.32 bits per heavy atom. The first kappa shape index (κ1) is 18.1. The molecule has 0 atom stereocenters. The molecule has 0 saturated carbocycles. The van der Waals surface area contributed by atoms with Gasteiger partial charge in [0.05, 0.1) is 4.58 Å². The lowest BCUT2D eigenvalue weighted by molar-refractivity contribution is 0.552. The second-order valence-electron chi connectivity index (χ2n) is 6.54. The SMILES string of the molecule is CCN(CC)c1ccc(C2SCCCS2)c(O[Si](C)(C)C)c1. The number of hydrogen-bond acceptors (Lipinski definition) is 4. The van der Waals surface area contributed by atoms with E-state index >= 15 is 0 Å². The van der Waals surface area contributed by atoms with Crippen LogP contribution in [0.25, 0.3) is 0 Å². The van der Waals surface area contributed by atoms with E-state index in [4.69, 9.17) is 4.43 Å². The zero-order valence-electron chi connectivity index (χ0n) is 14.5. The minimum atomic E-state index is -1.61. The quantitative estimate of drug-likeness (QED) is 0.614. The number of thioether (sulfide) groups is 2. The fourth-order valence-electron chi connectivity index (χ4n) is 2.59. The molecule has 0 aromatic heterocycles. The molecule has 0 aliphatic carbocycles. The lowest BCUT2D eigenvalue weighted by Crippen LogP contribution is -2.30. The third-order valence-electron chi connectivity index (χ3n) is 3.62. The molecule has 5 heteroatoms. The highest BCUT2D eigenvalue weighted by Crippen LogP contribution is 2.47. The molecule has 1 saturated heterocycles. The molecule has 2 rings (SSSR count). The van der Waals surface area contributed by atoms with Crippen LogP contribution in [0, 0.1) is 0 Å². The molecule has 124 valence electrons. The smallest absolute Gasteiger partial charge is 0.242 e. The Morgan fingerprint density at radius 1 is 1.14 bits per heavy atom. The Hall–Kier alpha value is -0.263. The van der Waals surface area contributed by atoms with Crippen LogP contribution in [0.15, 0.2) is 18.2 Å². The summed E-state index contributed by atoms with van der Waals surface area (Å²) in [6, 6.07) is 6.85. The van der Waals surface area contributed by atoms with Crippen molar-refractivity contribution in [3.8, 4) is 5.75 Å². The Kier molecular flexibility index (Phi) is 6.59. The van der Waals surface area contributed by atoms with Gasteiger partial charge in [-0.15, -0.1) is 23.5 Å². The van der Waals surface area contributed by atoms with Crippen molar-refractivity contribution in [2.24, 2.45) is 0 Å². The fraction of sp³-hybridized carbons (Fsp3) is 0.647. The summed E-state index contributed by atoms with van der Waals surface area (Å²) in [6.45, 7) is 13.3. The summed E-state index contributed by atoms with van der Waals surface area (Å²) in [4.78, 5) is 2.39. The minimum absolute atomic E-state index is 0.533. The van der Waals surface area contributed by atoms with E-state index in [1.165, 1.54) is 29.2 Å². The van der Waals surface area contributed by atoms with Gasteiger partial charge in [0.2, 0.25) is 8.32 Å². The zero-order chi connectivity index (χ0) is 16.2. The van der Waals surface area contributed by atoms with E-state index in [-0.39, 0.29) is 0 Å². The van der Waals surface area contributed by atoms with Gasteiger partial charge in [-0.2, -0.15) is 0 Å². The molecular weight excluding hydrogens is 326 g/mol. The van der Waals surface area contributed by atoms with Gasteiger partial charge in [0.1, 0.15) is 5.75 Å². The van der Waals surface area contributed by atoms with Gasteiger partial charge in [0, 0.05) is 30.4 Å². The molecular formula is C17H29NOS2Si. The summed E-state index contributed by atoms with van der Waals surface area (Å²) in [5, 5.41) is 0. The van der Waals surface area contributed by atoms with Crippen LogP contribution in [0.2, 0.25) is 19.6 Å². The van der Waals surface area contributed by atoms with Crippen LogP contribution in [0.4, 0.5) is 5.69 Å². The van der Waals surface area contributed by atoms with Crippen LogP contribution < -0.4 is 9.33 Å². The summed E-state index contributed by atoms with van der Waals surface area (Å²) < 4.78 is 6.98. The lowest BCUT2D eigenvalue weighted by atomic mass is 10.2. The van der Waals surface area contributed by atoms with Crippen LogP contribution >= 0.6 is 23.5 Å². The lowest BCUT2D eigenvalue weighted by Gasteiger charge is -2.29. The van der Waals surface area contributed by atoms with Crippen molar-refractivity contribution in [3.63, 3.8) is 0 Å². The van der Waals surface area contributed by atoms with Crippen LogP contribution in [0.3, 0.4) is 0 Å². The normalized spacial score (nSPS) is 16.6. The summed E-state index contributed by atoms with van der Waals surface area (Å²) in [6.07, 6.45) is 1.33. The fourth-order valence-corrected chi connectivity index (χ4v) is 6.37. The van der Waals surface area contributed by atoms with Gasteiger partial charge >= 0.3 is 0 Å². The molecule has 0 radical (unpaired) electrons. The maximum atomic E-state index is 6.45. The van der Waals surface area contributed by atoms with Gasteiger partial charge in [0.15, 0.2) is 0 Å². The minimum Gasteiger partial charge on any atom is -0.544 e. The Labute approximate surface area is 145 Å². The third-order valence-corrected chi connectivity index (χ3v) is 7.43. The highest BCUT2D eigenvalue weighted by molar-refractivity contribution is 8.16. The van der Waals surface area contributed by atoms with E-state index in [1.807, 2.05) is 0 Å². The number of hydrogen-bond donors (Lipinski definition) is 0. The molecule has 0 N–H and O–H groups in total. The molecule has 1 fully saturated rings. The summed E-state index contributed by atoms with van der Waals surface area (Å²) in [5.74, 6) is 3.65. The topological polar surface area (TPSA) is 12.5 Å². The van der Waals surface area contributed by atoms with E-state index < -0.39 is 8.32 Å². The summed E-state index contributed by atoms with van der Waals surface area (Å²) >= 11 is 4.13. The summed E-state index contributed by atoms with van der Waals surface area (Å²) in [5.41, 5.74) is 2.67. The van der Waals surface area contributed by atoms with Crippen LogP contribution in [0.5, 0.6) is 5.75 Å². The van der Waals surface area contributed by atoms with Crippen molar-refractivity contribution in [2.45, 2.75) is 44.5 Å². The molecule has 0 unspecified atom stereocenters. The number of anilines is 1. The van der Waals surface area contributed by atoms with E-state index in [2.05, 4.69) is 80.1 Å². The molecule has 0 spiro atoms. The number of nitrogens with zero attached hydrogens (tertiary/aromatic N) is 1. The molecule has 0 bridgehead atoms. The monoisotopic (exact) mass is 355 g/mol. The molecule has 1 aromatic carbocycles. The molecule has 1 aliphatic rings. The highest BCUT2D eigenvalue weighted by atomic mass is 32.2. The molecule has 1 heterocycles. The molecule has 1 aromatic rings. The van der Waals surface area contributed by atoms with Gasteiger partial charge < -0.3 is 9.33 Å². The van der Waals surface area contributed by atoms with Crippen molar-refractivity contribution in [3.05, 3.63) is 23.8 Å². The maximum absolute atomic E-state index is 6.45. The van der Waals surface area contributed by atoms with Crippen molar-refractivity contribution in [1.82, 2.24) is 0 Å². The van der Waals surface area contributed by atoms with Gasteiger partial charge in [-0.1, -0.05) is 6.07 Å². The van der Waals surface area contributed by atoms with Crippen LogP contribution in [0.1, 0.15) is 30.4 Å². The van der Waals surface area contributed by atoms with Gasteiger partial charge in [-0.3, -0.25) is 0 Å². The Bertz CT molecular complexity index is 480. The van der Waals surface area contributed by atoms with E-state index in [1.54, 1.807) is 0 Å². The second-order valence-corrected chi connectivity index (χ2v) is 13.7. The second kappa shape index (κ2) is 8.02. The first-order valence-electron chi connectivity index (χ1n) is 8.25.